The summed E-state index contributed by atoms with van der Waals surface area (Å²) in [5.74, 6) is 0. The van der Waals surface area contributed by atoms with Crippen LogP contribution in [-0.2, 0) is 11.2 Å². The molecule has 1 aliphatic carbocycles. The van der Waals surface area contributed by atoms with Crippen molar-refractivity contribution in [2.45, 2.75) is 18.9 Å². The number of carbonyl (C=O) groups is 1. The predicted octanol–water partition coefficient (Wildman–Crippen LogP) is 2.79. The molecule has 15 heavy (non-hydrogen) atoms. The first-order valence-electron chi connectivity index (χ1n) is 4.87. The van der Waals surface area contributed by atoms with Crippen LogP contribution in [0, 0.1) is 0 Å². The maximum Gasteiger partial charge on any atom is 0.407 e. The molecule has 0 saturated heterocycles. The van der Waals surface area contributed by atoms with E-state index in [4.69, 9.17) is 4.74 Å². The third-order valence-corrected chi connectivity index (χ3v) is 3.08. The Hall–Kier alpha value is -1.03. The Morgan fingerprint density at radius 2 is 2.40 bits per heavy atom. The fraction of sp³-hybridized carbons (Fsp3) is 0.364. The van der Waals surface area contributed by atoms with Crippen LogP contribution < -0.4 is 5.32 Å². The molecular weight excluding hydrogens is 258 g/mol. The molecule has 1 aromatic rings. The van der Waals surface area contributed by atoms with Gasteiger partial charge in [0.15, 0.2) is 0 Å². The van der Waals surface area contributed by atoms with Gasteiger partial charge in [0.25, 0.3) is 0 Å². The van der Waals surface area contributed by atoms with E-state index in [9.17, 15) is 4.79 Å². The number of amides is 1. The maximum atomic E-state index is 11.1. The summed E-state index contributed by atoms with van der Waals surface area (Å²) in [7, 11) is 1.57. The normalized spacial score (nSPS) is 18.4. The van der Waals surface area contributed by atoms with E-state index in [2.05, 4.69) is 27.3 Å². The van der Waals surface area contributed by atoms with Gasteiger partial charge in [-0.15, -0.1) is 0 Å². The Kier molecular flexibility index (Phi) is 2.95. The quantitative estimate of drug-likeness (QED) is 0.852. The zero-order valence-electron chi connectivity index (χ0n) is 8.42. The van der Waals surface area contributed by atoms with Crippen LogP contribution in [0.25, 0.3) is 0 Å². The van der Waals surface area contributed by atoms with Gasteiger partial charge < -0.3 is 10.1 Å². The molecule has 1 N–H and O–H groups in total. The lowest BCUT2D eigenvalue weighted by molar-refractivity contribution is 0.100. The van der Waals surface area contributed by atoms with Crippen LogP contribution in [0.5, 0.6) is 0 Å². The summed E-state index contributed by atoms with van der Waals surface area (Å²) in [5.41, 5.74) is 2.39. The van der Waals surface area contributed by atoms with Crippen LogP contribution in [0.4, 0.5) is 4.79 Å². The highest BCUT2D eigenvalue weighted by atomic mass is 79.9. The Labute approximate surface area is 96.9 Å². The molecule has 1 aromatic carbocycles. The molecule has 0 radical (unpaired) electrons. The molecule has 1 unspecified atom stereocenters. The zero-order chi connectivity index (χ0) is 10.8. The molecule has 3 nitrogen and oxygen atoms in total. The summed E-state index contributed by atoms with van der Waals surface area (Å²) in [6.45, 7) is 0. The molecule has 0 heterocycles. The van der Waals surface area contributed by atoms with Gasteiger partial charge in [0.2, 0.25) is 0 Å². The zero-order valence-corrected chi connectivity index (χ0v) is 10.0. The third kappa shape index (κ3) is 2.15. The summed E-state index contributed by atoms with van der Waals surface area (Å²) >= 11 is 3.42. The summed E-state index contributed by atoms with van der Waals surface area (Å²) in [6.07, 6.45) is 1.38. The first-order valence-corrected chi connectivity index (χ1v) is 5.66. The van der Waals surface area contributed by atoms with Gasteiger partial charge in [0.05, 0.1) is 0 Å². The fourth-order valence-electron chi connectivity index (χ4n) is 1.85. The number of aryl methyl sites for hydroxylation is 1. The monoisotopic (exact) mass is 269 g/mol. The van der Waals surface area contributed by atoms with E-state index < -0.39 is 0 Å². The third-order valence-electron chi connectivity index (χ3n) is 2.58. The lowest BCUT2D eigenvalue weighted by Gasteiger charge is -2.12. The maximum absolute atomic E-state index is 11.1. The molecule has 0 aromatic heterocycles. The molecule has 0 spiro atoms. The average Bonchev–Trinajstić information content (AvgIpc) is 2.61. The number of hydrogen-bond donors (Lipinski definition) is 1. The van der Waals surface area contributed by atoms with E-state index in [0.717, 1.165) is 22.9 Å². The molecule has 0 bridgehead atoms. The van der Waals surface area contributed by atoms with E-state index in [-0.39, 0.29) is 12.2 Å². The number of fused-ring (bicyclic) bond motifs is 1. The number of nitrogens with one attached hydrogen (secondary N) is 1. The van der Waals surface area contributed by atoms with Gasteiger partial charge in [-0.1, -0.05) is 22.0 Å². The van der Waals surface area contributed by atoms with Crippen LogP contribution in [0.2, 0.25) is 0 Å². The van der Waals surface area contributed by atoms with Crippen molar-refractivity contribution in [1.82, 2.24) is 5.32 Å². The minimum Gasteiger partial charge on any atom is -0.441 e. The molecule has 80 valence electrons. The number of alkyl carbamates (subject to hydrolysis) is 1. The van der Waals surface area contributed by atoms with Gasteiger partial charge in [-0.3, -0.25) is 0 Å². The van der Waals surface area contributed by atoms with E-state index in [0.29, 0.717) is 0 Å². The molecule has 4 heteroatoms. The highest BCUT2D eigenvalue weighted by Gasteiger charge is 2.25. The summed E-state index contributed by atoms with van der Waals surface area (Å²) < 4.78 is 6.29. The molecule has 1 amide bonds. The van der Waals surface area contributed by atoms with E-state index in [1.165, 1.54) is 5.56 Å². The Morgan fingerprint density at radius 3 is 3.13 bits per heavy atom. The van der Waals surface area contributed by atoms with Crippen molar-refractivity contribution in [2.24, 2.45) is 0 Å². The van der Waals surface area contributed by atoms with Gasteiger partial charge in [-0.25, -0.2) is 4.79 Å². The molecule has 1 aliphatic rings. The van der Waals surface area contributed by atoms with Crippen LogP contribution in [0.1, 0.15) is 23.7 Å². The van der Waals surface area contributed by atoms with Crippen LogP contribution in [0.15, 0.2) is 22.7 Å². The topological polar surface area (TPSA) is 38.3 Å². The average molecular weight is 270 g/mol. The summed E-state index contributed by atoms with van der Waals surface area (Å²) in [6, 6.07) is 6.11. The van der Waals surface area contributed by atoms with Crippen LogP contribution in [-0.4, -0.2) is 13.1 Å². The fourth-order valence-corrected chi connectivity index (χ4v) is 2.22. The molecule has 0 fully saturated rings. The number of carbonyl (C=O) groups excluding carboxylic acids is 1. The first-order chi connectivity index (χ1) is 7.20. The number of benzene rings is 1. The second-order valence-electron chi connectivity index (χ2n) is 3.53. The number of ether oxygens (including phenoxy) is 1. The minimum absolute atomic E-state index is 0.0996. The number of hydrogen-bond acceptors (Lipinski definition) is 2. The van der Waals surface area contributed by atoms with Crippen molar-refractivity contribution in [2.75, 3.05) is 7.05 Å². The van der Waals surface area contributed by atoms with Crippen molar-refractivity contribution >= 4 is 22.0 Å². The van der Waals surface area contributed by atoms with Gasteiger partial charge in [-0.05, 0) is 36.1 Å². The lowest BCUT2D eigenvalue weighted by Crippen LogP contribution is -2.21. The smallest absolute Gasteiger partial charge is 0.407 e. The molecule has 0 aliphatic heterocycles. The highest BCUT2D eigenvalue weighted by molar-refractivity contribution is 9.10. The van der Waals surface area contributed by atoms with E-state index in [1.807, 2.05) is 12.1 Å². The molecule has 2 rings (SSSR count). The highest BCUT2D eigenvalue weighted by Crippen LogP contribution is 2.35. The van der Waals surface area contributed by atoms with Crippen LogP contribution >= 0.6 is 15.9 Å². The molecular formula is C11H12BrNO2. The largest absolute Gasteiger partial charge is 0.441 e. The predicted molar refractivity (Wildman–Crippen MR) is 60.7 cm³/mol. The van der Waals surface area contributed by atoms with Gasteiger partial charge in [0.1, 0.15) is 6.10 Å². The second-order valence-corrected chi connectivity index (χ2v) is 4.44. The SMILES string of the molecule is CNC(=O)OC1CCc2ccc(Br)cc21. The molecule has 1 atom stereocenters. The summed E-state index contributed by atoms with van der Waals surface area (Å²) in [5, 5.41) is 2.46. The van der Waals surface area contributed by atoms with E-state index in [1.54, 1.807) is 7.05 Å². The van der Waals surface area contributed by atoms with Crippen molar-refractivity contribution in [3.63, 3.8) is 0 Å². The second kappa shape index (κ2) is 4.23. The van der Waals surface area contributed by atoms with Gasteiger partial charge in [-0.2, -0.15) is 0 Å². The van der Waals surface area contributed by atoms with Crippen molar-refractivity contribution < 1.29 is 9.53 Å². The lowest BCUT2D eigenvalue weighted by atomic mass is 10.1. The minimum atomic E-state index is -0.368. The Bertz CT molecular complexity index is 392. The Morgan fingerprint density at radius 1 is 1.60 bits per heavy atom. The van der Waals surface area contributed by atoms with Crippen molar-refractivity contribution in [3.8, 4) is 0 Å². The van der Waals surface area contributed by atoms with Crippen LogP contribution in [0.3, 0.4) is 0 Å². The van der Waals surface area contributed by atoms with Gasteiger partial charge >= 0.3 is 6.09 Å². The van der Waals surface area contributed by atoms with Gasteiger partial charge in [0, 0.05) is 11.5 Å². The standard InChI is InChI=1S/C11H12BrNO2/c1-13-11(14)15-10-5-3-7-2-4-8(12)6-9(7)10/h2,4,6,10H,3,5H2,1H3,(H,13,14). The summed E-state index contributed by atoms with van der Waals surface area (Å²) in [4.78, 5) is 11.1. The first kappa shape index (κ1) is 10.5. The Balaban J connectivity index is 2.20. The van der Waals surface area contributed by atoms with E-state index >= 15 is 0 Å². The molecule has 0 saturated carbocycles. The van der Waals surface area contributed by atoms with Crippen molar-refractivity contribution in [3.05, 3.63) is 33.8 Å². The van der Waals surface area contributed by atoms with Crippen molar-refractivity contribution in [1.29, 1.82) is 0 Å². The number of halogens is 1. The number of rotatable bonds is 1.